The molecule has 31 heavy (non-hydrogen) atoms. The predicted molar refractivity (Wildman–Crippen MR) is 122 cm³/mol. The number of hydrogen-bond donors (Lipinski definition) is 1. The monoisotopic (exact) mass is 423 g/mol. The van der Waals surface area contributed by atoms with Crippen molar-refractivity contribution in [2.45, 2.75) is 33.6 Å². The van der Waals surface area contributed by atoms with E-state index in [0.717, 1.165) is 35.3 Å². The lowest BCUT2D eigenvalue weighted by Gasteiger charge is -2.21. The van der Waals surface area contributed by atoms with Crippen LogP contribution in [0.1, 0.15) is 30.5 Å². The molecule has 0 fully saturated rings. The second kappa shape index (κ2) is 10.6. The van der Waals surface area contributed by atoms with Gasteiger partial charge in [-0.15, -0.1) is 0 Å². The van der Waals surface area contributed by atoms with Gasteiger partial charge < -0.3 is 19.4 Å². The molecule has 3 rings (SSSR count). The maximum Gasteiger partial charge on any atom is 0.407 e. The van der Waals surface area contributed by atoms with E-state index in [9.17, 15) is 9.59 Å². The van der Waals surface area contributed by atoms with Gasteiger partial charge in [-0.2, -0.15) is 0 Å². The molecular weight excluding hydrogens is 394 g/mol. The van der Waals surface area contributed by atoms with E-state index in [1.165, 1.54) is 0 Å². The summed E-state index contributed by atoms with van der Waals surface area (Å²) >= 11 is 0. The standard InChI is InChI=1S/C24H29N3O4/c1-4-27(5-2)19-8-9-20-17(3)21(23(28)31-22(20)15-19)11-14-30-24(29)26-13-10-18-7-6-12-25-16-18/h6-9,12,15-16H,4-5,10-11,13-14H2,1-3H3,(H,26,29). The number of fused-ring (bicyclic) bond motifs is 1. The Labute approximate surface area is 182 Å². The zero-order valence-electron chi connectivity index (χ0n) is 18.3. The lowest BCUT2D eigenvalue weighted by Crippen LogP contribution is -2.27. The van der Waals surface area contributed by atoms with E-state index < -0.39 is 6.09 Å². The van der Waals surface area contributed by atoms with E-state index in [0.29, 0.717) is 30.5 Å². The van der Waals surface area contributed by atoms with Crippen molar-refractivity contribution in [1.82, 2.24) is 10.3 Å². The molecule has 3 aromatic rings. The van der Waals surface area contributed by atoms with Gasteiger partial charge in [-0.3, -0.25) is 4.98 Å². The molecule has 1 aromatic carbocycles. The number of nitrogens with one attached hydrogen (secondary N) is 1. The number of pyridine rings is 1. The van der Waals surface area contributed by atoms with E-state index >= 15 is 0 Å². The van der Waals surface area contributed by atoms with Gasteiger partial charge in [0.2, 0.25) is 0 Å². The molecule has 2 heterocycles. The van der Waals surface area contributed by atoms with Crippen LogP contribution in [0.4, 0.5) is 10.5 Å². The largest absolute Gasteiger partial charge is 0.449 e. The summed E-state index contributed by atoms with van der Waals surface area (Å²) in [5.41, 5.74) is 3.65. The normalized spacial score (nSPS) is 10.8. The highest BCUT2D eigenvalue weighted by Gasteiger charge is 2.14. The predicted octanol–water partition coefficient (Wildman–Crippen LogP) is 3.85. The van der Waals surface area contributed by atoms with Crippen LogP contribution < -0.4 is 15.8 Å². The van der Waals surface area contributed by atoms with E-state index in [1.807, 2.05) is 37.3 Å². The van der Waals surface area contributed by atoms with Crippen molar-refractivity contribution in [3.05, 3.63) is 69.8 Å². The number of nitrogens with zero attached hydrogens (tertiary/aromatic N) is 2. The fraction of sp³-hybridized carbons (Fsp3) is 0.375. The number of carbonyl (C=O) groups is 1. The van der Waals surface area contributed by atoms with Gasteiger partial charge in [0.25, 0.3) is 0 Å². The fourth-order valence-corrected chi connectivity index (χ4v) is 3.61. The molecule has 0 aliphatic heterocycles. The summed E-state index contributed by atoms with van der Waals surface area (Å²) in [6.07, 6.45) is 3.94. The van der Waals surface area contributed by atoms with Gasteiger partial charge in [0, 0.05) is 61.2 Å². The van der Waals surface area contributed by atoms with Gasteiger partial charge in [-0.05, 0) is 56.5 Å². The van der Waals surface area contributed by atoms with Crippen molar-refractivity contribution < 1.29 is 13.9 Å². The molecule has 0 bridgehead atoms. The number of benzene rings is 1. The first-order chi connectivity index (χ1) is 15.0. The molecule has 0 unspecified atom stereocenters. The maximum absolute atomic E-state index is 12.5. The Morgan fingerprint density at radius 2 is 2.00 bits per heavy atom. The third kappa shape index (κ3) is 5.63. The van der Waals surface area contributed by atoms with Gasteiger partial charge in [-0.25, -0.2) is 9.59 Å². The third-order valence-corrected chi connectivity index (χ3v) is 5.39. The van der Waals surface area contributed by atoms with E-state index in [1.54, 1.807) is 12.4 Å². The first-order valence-corrected chi connectivity index (χ1v) is 10.6. The van der Waals surface area contributed by atoms with Crippen LogP contribution in [0.2, 0.25) is 0 Å². The van der Waals surface area contributed by atoms with Crippen LogP contribution in [0.5, 0.6) is 0 Å². The molecule has 0 saturated heterocycles. The molecule has 7 nitrogen and oxygen atoms in total. The number of aryl methyl sites for hydroxylation is 1. The number of ether oxygens (including phenoxy) is 1. The van der Waals surface area contributed by atoms with Gasteiger partial charge >= 0.3 is 11.7 Å². The van der Waals surface area contributed by atoms with Crippen LogP contribution in [0.15, 0.2) is 51.9 Å². The van der Waals surface area contributed by atoms with Crippen molar-refractivity contribution in [1.29, 1.82) is 0 Å². The smallest absolute Gasteiger partial charge is 0.407 e. The Morgan fingerprint density at radius 1 is 1.19 bits per heavy atom. The molecule has 0 atom stereocenters. The van der Waals surface area contributed by atoms with Crippen LogP contribution in [0, 0.1) is 6.92 Å². The number of alkyl carbamates (subject to hydrolysis) is 1. The number of aromatic nitrogens is 1. The highest BCUT2D eigenvalue weighted by Crippen LogP contribution is 2.25. The summed E-state index contributed by atoms with van der Waals surface area (Å²) < 4.78 is 10.8. The zero-order chi connectivity index (χ0) is 22.2. The molecular formula is C24H29N3O4. The molecule has 164 valence electrons. The van der Waals surface area contributed by atoms with Crippen LogP contribution in [0.25, 0.3) is 11.0 Å². The molecule has 0 saturated carbocycles. The van der Waals surface area contributed by atoms with Gasteiger partial charge in [0.1, 0.15) is 5.58 Å². The highest BCUT2D eigenvalue weighted by atomic mass is 16.5. The summed E-state index contributed by atoms with van der Waals surface area (Å²) in [6.45, 7) is 8.40. The van der Waals surface area contributed by atoms with Crippen molar-refractivity contribution in [3.8, 4) is 0 Å². The van der Waals surface area contributed by atoms with Gasteiger partial charge in [0.15, 0.2) is 0 Å². The van der Waals surface area contributed by atoms with Crippen molar-refractivity contribution in [3.63, 3.8) is 0 Å². The molecule has 0 radical (unpaired) electrons. The number of anilines is 1. The molecule has 2 aromatic heterocycles. The Balaban J connectivity index is 1.59. The van der Waals surface area contributed by atoms with Crippen molar-refractivity contribution in [2.24, 2.45) is 0 Å². The van der Waals surface area contributed by atoms with Gasteiger partial charge in [0.05, 0.1) is 6.61 Å². The van der Waals surface area contributed by atoms with Crippen molar-refractivity contribution >= 4 is 22.7 Å². The molecule has 0 spiro atoms. The molecule has 0 aliphatic carbocycles. The fourth-order valence-electron chi connectivity index (χ4n) is 3.61. The quantitative estimate of drug-likeness (QED) is 0.526. The lowest BCUT2D eigenvalue weighted by molar-refractivity contribution is 0.147. The minimum Gasteiger partial charge on any atom is -0.449 e. The number of hydrogen-bond acceptors (Lipinski definition) is 6. The van der Waals surface area contributed by atoms with Crippen molar-refractivity contribution in [2.75, 3.05) is 31.1 Å². The molecule has 0 aliphatic rings. The van der Waals surface area contributed by atoms with E-state index in [2.05, 4.69) is 29.0 Å². The molecule has 1 amide bonds. The SMILES string of the molecule is CCN(CC)c1ccc2c(C)c(CCOC(=O)NCCc3cccnc3)c(=O)oc2c1. The Hall–Kier alpha value is -3.35. The first kappa shape index (κ1) is 22.3. The second-order valence-corrected chi connectivity index (χ2v) is 7.27. The minimum atomic E-state index is -0.504. The summed E-state index contributed by atoms with van der Waals surface area (Å²) in [5.74, 6) is 0. The average molecular weight is 424 g/mol. The number of amides is 1. The second-order valence-electron chi connectivity index (χ2n) is 7.27. The van der Waals surface area contributed by atoms with Crippen LogP contribution in [-0.2, 0) is 17.6 Å². The van der Waals surface area contributed by atoms with Gasteiger partial charge in [-0.1, -0.05) is 6.07 Å². The van der Waals surface area contributed by atoms with Crippen LogP contribution >= 0.6 is 0 Å². The summed E-state index contributed by atoms with van der Waals surface area (Å²) in [4.78, 5) is 30.7. The maximum atomic E-state index is 12.5. The first-order valence-electron chi connectivity index (χ1n) is 10.6. The van der Waals surface area contributed by atoms with Crippen LogP contribution in [0.3, 0.4) is 0 Å². The topological polar surface area (TPSA) is 84.7 Å². The Morgan fingerprint density at radius 3 is 2.71 bits per heavy atom. The Kier molecular flexibility index (Phi) is 7.65. The highest BCUT2D eigenvalue weighted by molar-refractivity contribution is 5.84. The third-order valence-electron chi connectivity index (χ3n) is 5.39. The van der Waals surface area contributed by atoms with E-state index in [-0.39, 0.29) is 12.2 Å². The zero-order valence-corrected chi connectivity index (χ0v) is 18.3. The molecule has 1 N–H and O–H groups in total. The average Bonchev–Trinajstić information content (AvgIpc) is 2.77. The summed E-state index contributed by atoms with van der Waals surface area (Å²) in [7, 11) is 0. The lowest BCUT2D eigenvalue weighted by atomic mass is 10.0. The number of rotatable bonds is 9. The minimum absolute atomic E-state index is 0.105. The summed E-state index contributed by atoms with van der Waals surface area (Å²) in [6, 6.07) is 9.74. The Bertz CT molecular complexity index is 1080. The summed E-state index contributed by atoms with van der Waals surface area (Å²) in [5, 5.41) is 3.60. The van der Waals surface area contributed by atoms with E-state index in [4.69, 9.17) is 9.15 Å². The van der Waals surface area contributed by atoms with Crippen LogP contribution in [-0.4, -0.2) is 37.3 Å². The molecule has 7 heteroatoms. The number of carbonyl (C=O) groups excluding carboxylic acids is 1.